The number of hydrogen-bond donors (Lipinski definition) is 2. The molecule has 0 aliphatic heterocycles. The number of halogens is 1. The first kappa shape index (κ1) is 19.2. The Morgan fingerprint density at radius 1 is 1.33 bits per heavy atom. The number of nitrogens with one attached hydrogen (secondary N) is 2. The second-order valence-electron chi connectivity index (χ2n) is 5.52. The highest BCUT2D eigenvalue weighted by molar-refractivity contribution is 14.0. The summed E-state index contributed by atoms with van der Waals surface area (Å²) in [6.07, 6.45) is 5.17. The van der Waals surface area contributed by atoms with Gasteiger partial charge in [-0.3, -0.25) is 9.39 Å². The number of aliphatic imine (C=N–C) groups is 1. The lowest BCUT2D eigenvalue weighted by molar-refractivity contribution is 0.562. The van der Waals surface area contributed by atoms with Crippen molar-refractivity contribution in [2.24, 2.45) is 10.9 Å². The molecule has 0 fully saturated rings. The average molecular weight is 475 g/mol. The zero-order valence-electron chi connectivity index (χ0n) is 13.7. The first-order chi connectivity index (χ1) is 11.2. The van der Waals surface area contributed by atoms with E-state index in [0.717, 1.165) is 29.6 Å². The Hall–Kier alpha value is -1.13. The third-order valence-electron chi connectivity index (χ3n) is 3.55. The zero-order valence-corrected chi connectivity index (χ0v) is 17.7. The molecular weight excluding hydrogens is 453 g/mol. The third kappa shape index (κ3) is 5.18. The van der Waals surface area contributed by atoms with E-state index in [1.165, 1.54) is 4.88 Å². The van der Waals surface area contributed by atoms with Crippen LogP contribution < -0.4 is 10.6 Å². The Kier molecular flexibility index (Phi) is 7.50. The Morgan fingerprint density at radius 2 is 2.21 bits per heavy atom. The summed E-state index contributed by atoms with van der Waals surface area (Å²) in [6, 6.07) is 4.30. The lowest BCUT2D eigenvalue weighted by atomic mass is 10.1. The number of rotatable bonds is 6. The van der Waals surface area contributed by atoms with Crippen LogP contribution in [0, 0.1) is 5.92 Å². The van der Waals surface area contributed by atoms with Crippen LogP contribution in [-0.4, -0.2) is 28.9 Å². The van der Waals surface area contributed by atoms with Gasteiger partial charge in [-0.15, -0.1) is 46.7 Å². The Labute approximate surface area is 167 Å². The van der Waals surface area contributed by atoms with E-state index in [1.54, 1.807) is 18.4 Å². The van der Waals surface area contributed by atoms with Gasteiger partial charge in [0.05, 0.1) is 12.2 Å². The lowest BCUT2D eigenvalue weighted by Gasteiger charge is -2.15. The van der Waals surface area contributed by atoms with E-state index in [9.17, 15) is 0 Å². The monoisotopic (exact) mass is 475 g/mol. The molecular formula is C16H22IN5S2. The van der Waals surface area contributed by atoms with Crippen molar-refractivity contribution in [1.29, 1.82) is 0 Å². The van der Waals surface area contributed by atoms with Crippen LogP contribution >= 0.6 is 46.7 Å². The van der Waals surface area contributed by atoms with Gasteiger partial charge in [-0.25, -0.2) is 4.98 Å². The minimum atomic E-state index is 0. The highest BCUT2D eigenvalue weighted by atomic mass is 127. The first-order valence-corrected chi connectivity index (χ1v) is 9.38. The summed E-state index contributed by atoms with van der Waals surface area (Å²) in [7, 11) is 1.80. The van der Waals surface area contributed by atoms with Crippen LogP contribution in [0.2, 0.25) is 0 Å². The van der Waals surface area contributed by atoms with Gasteiger partial charge >= 0.3 is 0 Å². The van der Waals surface area contributed by atoms with Crippen LogP contribution in [0.15, 0.2) is 40.3 Å². The fraction of sp³-hybridized carbons (Fsp3) is 0.375. The number of thiazole rings is 1. The molecule has 3 aromatic heterocycles. The van der Waals surface area contributed by atoms with Crippen LogP contribution in [0.1, 0.15) is 17.5 Å². The minimum Gasteiger partial charge on any atom is -0.356 e. The van der Waals surface area contributed by atoms with Crippen molar-refractivity contribution in [1.82, 2.24) is 20.0 Å². The van der Waals surface area contributed by atoms with Gasteiger partial charge in [0, 0.05) is 36.2 Å². The van der Waals surface area contributed by atoms with Crippen molar-refractivity contribution in [3.63, 3.8) is 0 Å². The highest BCUT2D eigenvalue weighted by Crippen LogP contribution is 2.14. The van der Waals surface area contributed by atoms with Gasteiger partial charge in [-0.2, -0.15) is 0 Å². The van der Waals surface area contributed by atoms with Crippen LogP contribution in [0.3, 0.4) is 0 Å². The van der Waals surface area contributed by atoms with Crippen molar-refractivity contribution in [3.05, 3.63) is 45.9 Å². The molecule has 0 aliphatic rings. The first-order valence-electron chi connectivity index (χ1n) is 7.62. The second-order valence-corrected chi connectivity index (χ2v) is 7.43. The van der Waals surface area contributed by atoms with Crippen molar-refractivity contribution in [3.8, 4) is 0 Å². The van der Waals surface area contributed by atoms with Gasteiger partial charge in [-0.05, 0) is 23.8 Å². The summed E-state index contributed by atoms with van der Waals surface area (Å²) in [6.45, 7) is 3.83. The average Bonchev–Trinajstić information content (AvgIpc) is 3.24. The van der Waals surface area contributed by atoms with Gasteiger partial charge in [0.1, 0.15) is 0 Å². The molecule has 0 bridgehead atoms. The maximum Gasteiger partial charge on any atom is 0.193 e. The van der Waals surface area contributed by atoms with E-state index in [-0.39, 0.29) is 24.0 Å². The molecule has 3 rings (SSSR count). The summed E-state index contributed by atoms with van der Waals surface area (Å²) in [5.74, 6) is 1.38. The van der Waals surface area contributed by atoms with E-state index < -0.39 is 0 Å². The molecule has 0 aromatic carbocycles. The minimum absolute atomic E-state index is 0. The number of imidazole rings is 1. The van der Waals surface area contributed by atoms with E-state index in [2.05, 4.69) is 45.0 Å². The molecule has 0 saturated heterocycles. The van der Waals surface area contributed by atoms with Crippen LogP contribution in [-0.2, 0) is 13.0 Å². The van der Waals surface area contributed by atoms with E-state index in [0.29, 0.717) is 12.5 Å². The Morgan fingerprint density at radius 3 is 2.92 bits per heavy atom. The predicted molar refractivity (Wildman–Crippen MR) is 114 cm³/mol. The smallest absolute Gasteiger partial charge is 0.193 e. The number of nitrogens with zero attached hydrogens (tertiary/aromatic N) is 3. The lowest BCUT2D eigenvalue weighted by Crippen LogP contribution is -2.39. The fourth-order valence-corrected chi connectivity index (χ4v) is 3.96. The van der Waals surface area contributed by atoms with Gasteiger partial charge in [0.2, 0.25) is 0 Å². The number of thiophene rings is 1. The van der Waals surface area contributed by atoms with E-state index >= 15 is 0 Å². The van der Waals surface area contributed by atoms with Crippen molar-refractivity contribution >= 4 is 57.6 Å². The molecule has 3 heterocycles. The van der Waals surface area contributed by atoms with Gasteiger partial charge < -0.3 is 10.6 Å². The quantitative estimate of drug-likeness (QED) is 0.325. The van der Waals surface area contributed by atoms with E-state index in [1.807, 2.05) is 33.5 Å². The Balaban J connectivity index is 0.00000208. The van der Waals surface area contributed by atoms with Gasteiger partial charge in [0.25, 0.3) is 0 Å². The number of fused-ring (bicyclic) bond motifs is 1. The van der Waals surface area contributed by atoms with Crippen LogP contribution in [0.25, 0.3) is 4.96 Å². The molecule has 0 aliphatic carbocycles. The molecule has 130 valence electrons. The van der Waals surface area contributed by atoms with Crippen molar-refractivity contribution in [2.75, 3.05) is 13.6 Å². The summed E-state index contributed by atoms with van der Waals surface area (Å²) in [5.41, 5.74) is 1.02. The maximum absolute atomic E-state index is 4.56. The van der Waals surface area contributed by atoms with Crippen molar-refractivity contribution < 1.29 is 0 Å². The standard InChI is InChI=1S/C16H21N5S2.HI/c1-12(8-14-4-3-6-22-14)9-18-15(17-2)19-10-13-11-21-5-7-23-16(21)20-13;/h3-7,11-12H,8-10H2,1-2H3,(H2,17,18,19);1H. The number of hydrogen-bond acceptors (Lipinski definition) is 4. The largest absolute Gasteiger partial charge is 0.356 e. The molecule has 0 saturated carbocycles. The highest BCUT2D eigenvalue weighted by Gasteiger charge is 2.07. The Bertz CT molecular complexity index is 734. The number of guanidine groups is 1. The molecule has 5 nitrogen and oxygen atoms in total. The summed E-state index contributed by atoms with van der Waals surface area (Å²) < 4.78 is 2.04. The predicted octanol–water partition coefficient (Wildman–Crippen LogP) is 3.62. The van der Waals surface area contributed by atoms with Crippen LogP contribution in [0.5, 0.6) is 0 Å². The molecule has 1 atom stereocenters. The summed E-state index contributed by atoms with van der Waals surface area (Å²) in [5, 5.41) is 10.9. The molecule has 8 heteroatoms. The molecule has 0 amide bonds. The normalized spacial score (nSPS) is 12.8. The van der Waals surface area contributed by atoms with E-state index in [4.69, 9.17) is 0 Å². The fourth-order valence-electron chi connectivity index (χ4n) is 2.37. The SMILES string of the molecule is CN=C(NCc1cn2ccsc2n1)NCC(C)Cc1cccs1.I. The third-order valence-corrected chi connectivity index (χ3v) is 5.22. The van der Waals surface area contributed by atoms with Crippen molar-refractivity contribution in [2.45, 2.75) is 19.9 Å². The molecule has 1 unspecified atom stereocenters. The second kappa shape index (κ2) is 9.38. The molecule has 24 heavy (non-hydrogen) atoms. The van der Waals surface area contributed by atoms with Crippen LogP contribution in [0.4, 0.5) is 0 Å². The molecule has 2 N–H and O–H groups in total. The topological polar surface area (TPSA) is 53.7 Å². The molecule has 0 spiro atoms. The molecule has 0 radical (unpaired) electrons. The maximum atomic E-state index is 4.56. The molecule has 3 aromatic rings. The van der Waals surface area contributed by atoms with Gasteiger partial charge in [-0.1, -0.05) is 13.0 Å². The summed E-state index contributed by atoms with van der Waals surface area (Å²) in [4.78, 5) is 11.3. The number of aromatic nitrogens is 2. The summed E-state index contributed by atoms with van der Waals surface area (Å²) >= 11 is 3.46. The van der Waals surface area contributed by atoms with Gasteiger partial charge in [0.15, 0.2) is 10.9 Å². The zero-order chi connectivity index (χ0) is 16.1.